The molecule has 1 aromatic heterocycles. The average Bonchev–Trinajstić information content (AvgIpc) is 2.74. The van der Waals surface area contributed by atoms with Crippen molar-refractivity contribution in [3.05, 3.63) is 34.6 Å². The van der Waals surface area contributed by atoms with Crippen LogP contribution in [0.15, 0.2) is 29.1 Å². The van der Waals surface area contributed by atoms with E-state index < -0.39 is 0 Å². The van der Waals surface area contributed by atoms with E-state index in [0.29, 0.717) is 44.6 Å². The highest BCUT2D eigenvalue weighted by atomic mass is 16.2. The Morgan fingerprint density at radius 1 is 1.11 bits per heavy atom. The van der Waals surface area contributed by atoms with Crippen molar-refractivity contribution in [1.82, 2.24) is 19.8 Å². The van der Waals surface area contributed by atoms with Gasteiger partial charge >= 0.3 is 6.03 Å². The fourth-order valence-electron chi connectivity index (χ4n) is 4.33. The van der Waals surface area contributed by atoms with Crippen LogP contribution in [0.4, 0.5) is 10.6 Å². The maximum Gasteiger partial charge on any atom is 0.317 e. The summed E-state index contributed by atoms with van der Waals surface area (Å²) in [6, 6.07) is 8.10. The third kappa shape index (κ3) is 3.70. The number of carbonyl (C=O) groups is 1. The van der Waals surface area contributed by atoms with Crippen molar-refractivity contribution >= 4 is 22.9 Å². The molecule has 0 bridgehead atoms. The number of para-hydroxylation sites is 2. The summed E-state index contributed by atoms with van der Waals surface area (Å²) in [7, 11) is 0. The molecule has 2 aromatic rings. The first-order chi connectivity index (χ1) is 13.7. The first-order valence-electron chi connectivity index (χ1n) is 10.5. The first kappa shape index (κ1) is 18.8. The Hall–Kier alpha value is -2.57. The summed E-state index contributed by atoms with van der Waals surface area (Å²) in [5, 5.41) is 3.18. The molecule has 0 spiro atoms. The van der Waals surface area contributed by atoms with E-state index in [1.54, 1.807) is 4.57 Å². The molecule has 1 aliphatic heterocycles. The Balaban J connectivity index is 1.45. The number of nitrogens with one attached hydrogen (secondary N) is 1. The Labute approximate surface area is 165 Å². The molecule has 7 nitrogen and oxygen atoms in total. The number of fused-ring (bicyclic) bond motifs is 1. The third-order valence-electron chi connectivity index (χ3n) is 5.95. The highest BCUT2D eigenvalue weighted by molar-refractivity contribution is 5.77. The molecule has 0 radical (unpaired) electrons. The van der Waals surface area contributed by atoms with Crippen LogP contribution in [0.2, 0.25) is 0 Å². The van der Waals surface area contributed by atoms with E-state index in [9.17, 15) is 9.59 Å². The van der Waals surface area contributed by atoms with E-state index in [0.717, 1.165) is 23.9 Å². The standard InChI is InChI=1S/C21H29N5O2/c1-2-26-18-11-7-6-10-17(18)23-19(20(26)27)24-12-14-25(15-13-24)21(28)22-16-8-4-3-5-9-16/h6-7,10-11,16H,2-5,8-9,12-15H2,1H3,(H,22,28). The second-order valence-corrected chi connectivity index (χ2v) is 7.73. The Morgan fingerprint density at radius 2 is 1.82 bits per heavy atom. The Bertz CT molecular complexity index is 895. The van der Waals surface area contributed by atoms with Crippen molar-refractivity contribution in [2.75, 3.05) is 31.1 Å². The molecule has 7 heteroatoms. The number of aryl methyl sites for hydroxylation is 1. The summed E-state index contributed by atoms with van der Waals surface area (Å²) in [6.45, 7) is 5.06. The Kier molecular flexibility index (Phi) is 5.50. The fraction of sp³-hybridized carbons (Fsp3) is 0.571. The van der Waals surface area contributed by atoms with Gasteiger partial charge in [-0.05, 0) is 31.9 Å². The number of hydrogen-bond acceptors (Lipinski definition) is 4. The van der Waals surface area contributed by atoms with Crippen molar-refractivity contribution in [3.8, 4) is 0 Å². The van der Waals surface area contributed by atoms with Crippen LogP contribution in [0, 0.1) is 0 Å². The summed E-state index contributed by atoms with van der Waals surface area (Å²) >= 11 is 0. The number of hydrogen-bond donors (Lipinski definition) is 1. The van der Waals surface area contributed by atoms with Crippen LogP contribution >= 0.6 is 0 Å². The largest absolute Gasteiger partial charge is 0.348 e. The molecule has 1 aromatic carbocycles. The summed E-state index contributed by atoms with van der Waals surface area (Å²) < 4.78 is 1.78. The maximum absolute atomic E-state index is 13.0. The Morgan fingerprint density at radius 3 is 2.54 bits per heavy atom. The zero-order valence-corrected chi connectivity index (χ0v) is 16.6. The fourth-order valence-corrected chi connectivity index (χ4v) is 4.33. The molecule has 4 rings (SSSR count). The molecular weight excluding hydrogens is 354 g/mol. The summed E-state index contributed by atoms with van der Waals surface area (Å²) in [5.41, 5.74) is 1.64. The molecule has 1 saturated heterocycles. The lowest BCUT2D eigenvalue weighted by Crippen LogP contribution is -2.54. The molecule has 1 saturated carbocycles. The van der Waals surface area contributed by atoms with E-state index in [4.69, 9.17) is 0 Å². The van der Waals surface area contributed by atoms with Gasteiger partial charge in [0.1, 0.15) is 0 Å². The quantitative estimate of drug-likeness (QED) is 0.884. The van der Waals surface area contributed by atoms with Gasteiger partial charge in [0, 0.05) is 38.8 Å². The summed E-state index contributed by atoms with van der Waals surface area (Å²) in [5.74, 6) is 0.493. The first-order valence-corrected chi connectivity index (χ1v) is 10.5. The van der Waals surface area contributed by atoms with E-state index >= 15 is 0 Å². The minimum absolute atomic E-state index is 0.0315. The number of aromatic nitrogens is 2. The molecule has 150 valence electrons. The lowest BCUT2D eigenvalue weighted by molar-refractivity contribution is 0.186. The molecule has 1 N–H and O–H groups in total. The summed E-state index contributed by atoms with van der Waals surface area (Å²) in [4.78, 5) is 34.1. The van der Waals surface area contributed by atoms with E-state index in [-0.39, 0.29) is 11.6 Å². The van der Waals surface area contributed by atoms with Gasteiger partial charge in [0.2, 0.25) is 0 Å². The van der Waals surface area contributed by atoms with E-state index in [1.807, 2.05) is 41.0 Å². The van der Waals surface area contributed by atoms with Crippen molar-refractivity contribution in [3.63, 3.8) is 0 Å². The molecular formula is C21H29N5O2. The predicted octanol–water partition coefficient (Wildman–Crippen LogP) is 2.58. The zero-order chi connectivity index (χ0) is 19.5. The number of nitrogens with zero attached hydrogens (tertiary/aromatic N) is 4. The highest BCUT2D eigenvalue weighted by Crippen LogP contribution is 2.19. The lowest BCUT2D eigenvalue weighted by Gasteiger charge is -2.36. The number of urea groups is 1. The number of rotatable bonds is 3. The number of carbonyl (C=O) groups excluding carboxylic acids is 1. The molecule has 1 aliphatic carbocycles. The van der Waals surface area contributed by atoms with Gasteiger partial charge < -0.3 is 19.7 Å². The van der Waals surface area contributed by atoms with Crippen molar-refractivity contribution in [2.24, 2.45) is 0 Å². The van der Waals surface area contributed by atoms with Gasteiger partial charge in [-0.15, -0.1) is 0 Å². The van der Waals surface area contributed by atoms with Gasteiger partial charge in [-0.3, -0.25) is 4.79 Å². The molecule has 2 heterocycles. The van der Waals surface area contributed by atoms with Crippen molar-refractivity contribution < 1.29 is 4.79 Å². The SMILES string of the molecule is CCn1c(=O)c(N2CCN(C(=O)NC3CCCCC3)CC2)nc2ccccc21. The van der Waals surface area contributed by atoms with Crippen LogP contribution in [0.3, 0.4) is 0 Å². The van der Waals surface area contributed by atoms with Crippen LogP contribution < -0.4 is 15.8 Å². The number of anilines is 1. The van der Waals surface area contributed by atoms with Gasteiger partial charge in [0.15, 0.2) is 5.82 Å². The van der Waals surface area contributed by atoms with Crippen LogP contribution in [-0.4, -0.2) is 52.7 Å². The third-order valence-corrected chi connectivity index (χ3v) is 5.95. The molecule has 2 amide bonds. The molecule has 0 atom stereocenters. The second-order valence-electron chi connectivity index (χ2n) is 7.73. The number of amides is 2. The van der Waals surface area contributed by atoms with E-state index in [1.165, 1.54) is 19.3 Å². The van der Waals surface area contributed by atoms with Gasteiger partial charge in [-0.25, -0.2) is 9.78 Å². The maximum atomic E-state index is 13.0. The average molecular weight is 383 g/mol. The normalized spacial score (nSPS) is 18.5. The molecule has 2 aliphatic rings. The smallest absolute Gasteiger partial charge is 0.317 e. The minimum atomic E-state index is -0.0543. The monoisotopic (exact) mass is 383 g/mol. The molecule has 0 unspecified atom stereocenters. The van der Waals surface area contributed by atoms with E-state index in [2.05, 4.69) is 10.3 Å². The van der Waals surface area contributed by atoms with Crippen LogP contribution in [0.1, 0.15) is 39.0 Å². The van der Waals surface area contributed by atoms with Crippen LogP contribution in [0.5, 0.6) is 0 Å². The van der Waals surface area contributed by atoms with Crippen molar-refractivity contribution in [1.29, 1.82) is 0 Å². The number of benzene rings is 1. The topological polar surface area (TPSA) is 70.5 Å². The summed E-state index contributed by atoms with van der Waals surface area (Å²) in [6.07, 6.45) is 5.86. The minimum Gasteiger partial charge on any atom is -0.348 e. The van der Waals surface area contributed by atoms with Gasteiger partial charge in [0.25, 0.3) is 5.56 Å². The van der Waals surface area contributed by atoms with Gasteiger partial charge in [-0.1, -0.05) is 31.4 Å². The molecule has 2 fully saturated rings. The number of piperazine rings is 1. The lowest BCUT2D eigenvalue weighted by atomic mass is 9.96. The van der Waals surface area contributed by atoms with Crippen molar-refractivity contribution in [2.45, 2.75) is 51.6 Å². The van der Waals surface area contributed by atoms with Crippen LogP contribution in [0.25, 0.3) is 11.0 Å². The zero-order valence-electron chi connectivity index (χ0n) is 16.6. The molecule has 28 heavy (non-hydrogen) atoms. The highest BCUT2D eigenvalue weighted by Gasteiger charge is 2.26. The predicted molar refractivity (Wildman–Crippen MR) is 111 cm³/mol. The second kappa shape index (κ2) is 8.20. The van der Waals surface area contributed by atoms with Gasteiger partial charge in [0.05, 0.1) is 11.0 Å². The van der Waals surface area contributed by atoms with Gasteiger partial charge in [-0.2, -0.15) is 0 Å². The van der Waals surface area contributed by atoms with Crippen LogP contribution in [-0.2, 0) is 6.54 Å².